The maximum Gasteiger partial charge on any atom is 0.338 e. The van der Waals surface area contributed by atoms with E-state index >= 15 is 0 Å². The molecule has 484 valence electrons. The number of unbranched alkanes of at least 4 members (excludes halogenated alkanes) is 1. The smallest absolute Gasteiger partial charge is 0.338 e. The molecular formula is C66H112O16Si3. The van der Waals surface area contributed by atoms with Crippen molar-refractivity contribution in [3.63, 3.8) is 0 Å². The summed E-state index contributed by atoms with van der Waals surface area (Å²) >= 11 is 0. The van der Waals surface area contributed by atoms with E-state index in [4.69, 9.17) is 55.9 Å². The molecule has 1 aromatic carbocycles. The van der Waals surface area contributed by atoms with Gasteiger partial charge in [0, 0.05) is 37.2 Å². The number of esters is 3. The average Bonchev–Trinajstić information content (AvgIpc) is 1.50. The van der Waals surface area contributed by atoms with Crippen LogP contribution in [0.25, 0.3) is 0 Å². The van der Waals surface area contributed by atoms with Gasteiger partial charge in [0.05, 0.1) is 56.9 Å². The largest absolute Gasteiger partial charge is 0.497 e. The Morgan fingerprint density at radius 2 is 1.20 bits per heavy atom. The summed E-state index contributed by atoms with van der Waals surface area (Å²) < 4.78 is 82.6. The summed E-state index contributed by atoms with van der Waals surface area (Å²) in [6.45, 7) is 29.9. The molecule has 0 unspecified atom stereocenters. The van der Waals surface area contributed by atoms with E-state index in [1.165, 1.54) is 26.2 Å². The van der Waals surface area contributed by atoms with Crippen molar-refractivity contribution in [3.8, 4) is 5.75 Å². The van der Waals surface area contributed by atoms with Crippen LogP contribution in [0.2, 0.25) is 54.4 Å². The molecule has 1 aromatic rings. The molecule has 19 heteroatoms. The number of carbonyl (C=O) groups is 3. The maximum absolute atomic E-state index is 14.8. The van der Waals surface area contributed by atoms with Gasteiger partial charge in [-0.15, -0.1) is 0 Å². The van der Waals surface area contributed by atoms with Crippen molar-refractivity contribution in [2.45, 2.75) is 283 Å². The van der Waals surface area contributed by atoms with Gasteiger partial charge in [-0.3, -0.25) is 9.59 Å². The third-order valence-electron chi connectivity index (χ3n) is 24.3. The molecule has 0 aromatic heterocycles. The van der Waals surface area contributed by atoms with Crippen LogP contribution >= 0.6 is 0 Å². The van der Waals surface area contributed by atoms with Crippen LogP contribution in [-0.4, -0.2) is 149 Å². The Morgan fingerprint density at radius 3 is 1.73 bits per heavy atom. The molecule has 2 aliphatic heterocycles. The third kappa shape index (κ3) is 12.8. The lowest BCUT2D eigenvalue weighted by molar-refractivity contribution is -0.343. The molecule has 0 bridgehead atoms. The number of hydrogen-bond acceptors (Lipinski definition) is 16. The highest BCUT2D eigenvalue weighted by atomic mass is 28.4. The van der Waals surface area contributed by atoms with Gasteiger partial charge in [0.1, 0.15) is 23.6 Å². The molecule has 0 amide bonds. The number of fused-ring (bicyclic) bond motifs is 4. The molecule has 1 N–H and O–H groups in total. The maximum atomic E-state index is 14.8. The van der Waals surface area contributed by atoms with Gasteiger partial charge in [-0.25, -0.2) is 4.79 Å². The van der Waals surface area contributed by atoms with E-state index in [1.54, 1.807) is 31.4 Å². The molecule has 5 aliphatic carbocycles. The predicted octanol–water partition coefficient (Wildman–Crippen LogP) is 13.2. The molecule has 0 radical (unpaired) electrons. The highest BCUT2D eigenvalue weighted by Gasteiger charge is 2.79. The van der Waals surface area contributed by atoms with Crippen LogP contribution < -0.4 is 4.74 Å². The quantitative estimate of drug-likeness (QED) is 0.0436. The Labute approximate surface area is 513 Å². The number of ether oxygens (including phenoxy) is 9. The molecule has 2 heterocycles. The average molecular weight is 1250 g/mol. The summed E-state index contributed by atoms with van der Waals surface area (Å²) in [6.07, 6.45) is -0.243. The van der Waals surface area contributed by atoms with Gasteiger partial charge in [-0.2, -0.15) is 0 Å². The van der Waals surface area contributed by atoms with Gasteiger partial charge in [-0.1, -0.05) is 96.4 Å². The zero-order chi connectivity index (χ0) is 61.9. The number of carbonyl (C=O) groups excluding carboxylic acids is 3. The van der Waals surface area contributed by atoms with Crippen molar-refractivity contribution in [3.05, 3.63) is 29.8 Å². The van der Waals surface area contributed by atoms with Crippen molar-refractivity contribution < 1.29 is 75.4 Å². The fourth-order valence-electron chi connectivity index (χ4n) is 18.2. The summed E-state index contributed by atoms with van der Waals surface area (Å²) in [4.78, 5) is 42.0. The van der Waals surface area contributed by atoms with Crippen LogP contribution in [0.3, 0.4) is 0 Å². The van der Waals surface area contributed by atoms with Gasteiger partial charge in [-0.05, 0) is 159 Å². The van der Waals surface area contributed by atoms with Crippen LogP contribution in [0.4, 0.5) is 0 Å². The molecule has 1 spiro atoms. The zero-order valence-corrected chi connectivity index (χ0v) is 58.1. The Morgan fingerprint density at radius 1 is 0.659 bits per heavy atom. The Balaban J connectivity index is 1.22. The van der Waals surface area contributed by atoms with Crippen LogP contribution in [0.15, 0.2) is 24.3 Å². The van der Waals surface area contributed by atoms with Crippen molar-refractivity contribution in [2.24, 2.45) is 45.8 Å². The SMILES string of the molecule is CCCCC(=O)OC[C@@H](C)[C@@]1(O)[C@@H](O[C@@H]2OC[C@H](O[Si](CC)(CC)CC)[C@H](O[C@@H]3OC[C@@H](O[Si](CC)(CC)CC)[C@H](O[Si](CC)(CC)CC)[C@H]3OC(=O)c3ccc(OC)cc3)[C@H]2OC(C)=O)C[C@H]2[C@@H]3C[C@@H](OC)[C@@]45C[C@@H]4CC[C@]5(C)[C@H]3CC[C@@]21C. The molecule has 8 rings (SSSR count). The molecule has 7 aliphatic rings. The normalized spacial score (nSPS) is 37.4. The first-order chi connectivity index (χ1) is 40.6. The van der Waals surface area contributed by atoms with Crippen molar-refractivity contribution in [2.75, 3.05) is 34.0 Å². The molecule has 16 nitrogen and oxygen atoms in total. The summed E-state index contributed by atoms with van der Waals surface area (Å²) in [7, 11) is -3.87. The molecule has 19 atom stereocenters. The highest BCUT2D eigenvalue weighted by Crippen LogP contribution is 2.82. The standard InChI is InChI=1S/C66H112O16Si3/c1-17-27-28-55(68)73-40-43(11)66(70)54(38-50-48-37-53(72-16)65-39-46(65)33-35-63(65,13)49(48)34-36-64(50,66)14)77-61-58(76-44(12)67)56(51(41-74-61)80-83(18-2,19-3)20-4)79-62-59(78-60(69)45-29-31-47(71-15)32-30-45)57(82-85(24-8,25-9)26-10)52(42-75-62)81-84(21-5,22-6)23-7/h29-32,43,46,48-54,56-59,61-62,70H,17-28,33-42H2,1-16H3/t43-,46+,48-,49+,50+,51+,52-,53-,54+,56+,57+,58-,59-,61+,62+,63-,64+,65-,66-/m1/s1. The van der Waals surface area contributed by atoms with E-state index in [0.717, 1.165) is 80.1 Å². The van der Waals surface area contributed by atoms with E-state index in [0.29, 0.717) is 42.4 Å². The highest BCUT2D eigenvalue weighted by molar-refractivity contribution is 6.74. The van der Waals surface area contributed by atoms with E-state index in [-0.39, 0.29) is 54.6 Å². The summed E-state index contributed by atoms with van der Waals surface area (Å²) in [5.41, 5.74) is -1.56. The molecule has 85 heavy (non-hydrogen) atoms. The fraction of sp³-hybridized carbons (Fsp3) is 0.864. The molecule has 2 saturated heterocycles. The second kappa shape index (κ2) is 28.1. The first-order valence-electron chi connectivity index (χ1n) is 33.6. The van der Waals surface area contributed by atoms with E-state index in [2.05, 4.69) is 76.2 Å². The minimum absolute atomic E-state index is 0.00391. The lowest BCUT2D eigenvalue weighted by Crippen LogP contribution is -2.66. The van der Waals surface area contributed by atoms with E-state index in [9.17, 15) is 19.5 Å². The van der Waals surface area contributed by atoms with Crippen LogP contribution in [0.5, 0.6) is 5.75 Å². The monoisotopic (exact) mass is 1240 g/mol. The Kier molecular flexibility index (Phi) is 22.7. The first-order valence-corrected chi connectivity index (χ1v) is 41.2. The minimum Gasteiger partial charge on any atom is -0.497 e. The zero-order valence-electron chi connectivity index (χ0n) is 55.1. The second-order valence-electron chi connectivity index (χ2n) is 27.4. The Hall–Kier alpha value is -2.28. The van der Waals surface area contributed by atoms with Gasteiger partial charge < -0.3 is 61.0 Å². The van der Waals surface area contributed by atoms with Gasteiger partial charge in [0.15, 0.2) is 49.7 Å². The van der Waals surface area contributed by atoms with Crippen LogP contribution in [-0.2, 0) is 60.8 Å². The lowest BCUT2D eigenvalue weighted by Gasteiger charge is -2.61. The molecule has 7 fully saturated rings. The van der Waals surface area contributed by atoms with Gasteiger partial charge >= 0.3 is 17.9 Å². The number of hydrogen-bond donors (Lipinski definition) is 1. The van der Waals surface area contributed by atoms with Gasteiger partial charge in [0.2, 0.25) is 0 Å². The lowest BCUT2D eigenvalue weighted by atomic mass is 9.44. The van der Waals surface area contributed by atoms with Crippen LogP contribution in [0, 0.1) is 45.8 Å². The minimum atomic E-state index is -2.51. The molecule has 5 saturated carbocycles. The van der Waals surface area contributed by atoms with E-state index in [1.807, 2.05) is 21.0 Å². The van der Waals surface area contributed by atoms with E-state index < -0.39 is 109 Å². The first kappa shape index (κ1) is 68.6. The number of benzene rings is 1. The number of rotatable bonds is 30. The predicted molar refractivity (Wildman–Crippen MR) is 334 cm³/mol. The summed E-state index contributed by atoms with van der Waals surface area (Å²) in [6, 6.07) is 14.4. The molecular weight excluding hydrogens is 1130 g/mol. The number of methoxy groups -OCH3 is 2. The fourth-order valence-corrected chi connectivity index (χ4v) is 26.8. The number of aliphatic hydroxyl groups is 1. The second-order valence-corrected chi connectivity index (χ2v) is 41.5. The van der Waals surface area contributed by atoms with Crippen LogP contribution in [0.1, 0.15) is 171 Å². The summed E-state index contributed by atoms with van der Waals surface area (Å²) in [5, 5.41) is 14.1. The Bertz CT molecular complexity index is 2350. The van der Waals surface area contributed by atoms with Crippen molar-refractivity contribution in [1.29, 1.82) is 0 Å². The van der Waals surface area contributed by atoms with Gasteiger partial charge in [0.25, 0.3) is 0 Å². The third-order valence-corrected chi connectivity index (χ3v) is 38.3. The topological polar surface area (TPSA) is 182 Å². The summed E-state index contributed by atoms with van der Waals surface area (Å²) in [5.74, 6) is 0.00123. The van der Waals surface area contributed by atoms with Crippen molar-refractivity contribution >= 4 is 42.9 Å². The van der Waals surface area contributed by atoms with Crippen molar-refractivity contribution in [1.82, 2.24) is 0 Å².